The Morgan fingerprint density at radius 3 is 2.61 bits per heavy atom. The molecule has 2 heterocycles. The average molecular weight is 407 g/mol. The lowest BCUT2D eigenvalue weighted by Gasteiger charge is -2.23. The maximum Gasteiger partial charge on any atom is 0.341 e. The molecule has 3 rings (SSSR count). The molecule has 148 valence electrons. The molecule has 2 aliphatic rings. The standard InChI is InChI=1S/C19H19ClN2O6/c1-10(2)16(28-22(24)25)19(23)27-17-11(3)21-8-14-15(17)9-26-18(14)12-4-6-13(20)7-5-12/h4-10,16,18,21H,1-3H3/t16-,18+/m1/s1. The number of rotatable bonds is 6. The predicted molar refractivity (Wildman–Crippen MR) is 100 cm³/mol. The minimum atomic E-state index is -1.33. The van der Waals surface area contributed by atoms with E-state index in [0.29, 0.717) is 16.3 Å². The van der Waals surface area contributed by atoms with E-state index in [4.69, 9.17) is 21.1 Å². The highest BCUT2D eigenvalue weighted by molar-refractivity contribution is 6.30. The van der Waals surface area contributed by atoms with Crippen LogP contribution in [-0.4, -0.2) is 17.2 Å². The Bertz CT molecular complexity index is 888. The molecular weight excluding hydrogens is 388 g/mol. The summed E-state index contributed by atoms with van der Waals surface area (Å²) in [5.41, 5.74) is 2.82. The molecule has 0 radical (unpaired) electrons. The van der Waals surface area contributed by atoms with Crippen LogP contribution in [0.5, 0.6) is 0 Å². The molecule has 0 bridgehead atoms. The molecule has 1 N–H and O–H groups in total. The van der Waals surface area contributed by atoms with Gasteiger partial charge in [0.15, 0.2) is 11.9 Å². The summed E-state index contributed by atoms with van der Waals surface area (Å²) in [6.07, 6.45) is 1.56. The molecule has 0 saturated carbocycles. The van der Waals surface area contributed by atoms with Crippen molar-refractivity contribution in [2.24, 2.45) is 5.92 Å². The van der Waals surface area contributed by atoms with Crippen LogP contribution in [0.15, 0.2) is 59.3 Å². The van der Waals surface area contributed by atoms with Crippen molar-refractivity contribution in [3.05, 3.63) is 80.0 Å². The SMILES string of the molecule is CC1=C(OC(=O)[C@H](O[N+](=O)[O-])C(C)C)C2=CO[C@@H](c3ccc(Cl)cc3)C2=CN1. The summed E-state index contributed by atoms with van der Waals surface area (Å²) in [6.45, 7) is 5.00. The van der Waals surface area contributed by atoms with Crippen molar-refractivity contribution in [1.29, 1.82) is 0 Å². The molecule has 1 aromatic carbocycles. The van der Waals surface area contributed by atoms with Gasteiger partial charge in [0.05, 0.1) is 17.5 Å². The van der Waals surface area contributed by atoms with E-state index >= 15 is 0 Å². The Morgan fingerprint density at radius 2 is 2.00 bits per heavy atom. The van der Waals surface area contributed by atoms with Crippen LogP contribution in [0.4, 0.5) is 0 Å². The average Bonchev–Trinajstić information content (AvgIpc) is 3.06. The van der Waals surface area contributed by atoms with Crippen molar-refractivity contribution < 1.29 is 24.2 Å². The molecular formula is C19H19ClN2O6. The number of esters is 1. The van der Waals surface area contributed by atoms with Crippen LogP contribution < -0.4 is 5.32 Å². The van der Waals surface area contributed by atoms with E-state index in [2.05, 4.69) is 10.2 Å². The van der Waals surface area contributed by atoms with Gasteiger partial charge in [-0.2, -0.15) is 0 Å². The molecule has 9 heteroatoms. The first-order valence-corrected chi connectivity index (χ1v) is 8.98. The third-order valence-corrected chi connectivity index (χ3v) is 4.61. The van der Waals surface area contributed by atoms with Gasteiger partial charge in [-0.1, -0.05) is 37.6 Å². The Labute approximate surface area is 166 Å². The Kier molecular flexibility index (Phi) is 5.60. The topological polar surface area (TPSA) is 99.9 Å². The summed E-state index contributed by atoms with van der Waals surface area (Å²) >= 11 is 5.94. The Balaban J connectivity index is 1.80. The third kappa shape index (κ3) is 3.96. The van der Waals surface area contributed by atoms with Crippen molar-refractivity contribution in [3.8, 4) is 0 Å². The summed E-state index contributed by atoms with van der Waals surface area (Å²) in [4.78, 5) is 27.7. The van der Waals surface area contributed by atoms with E-state index < -0.39 is 29.2 Å². The lowest BCUT2D eigenvalue weighted by molar-refractivity contribution is -0.766. The molecule has 0 aliphatic carbocycles. The number of hydrogen-bond acceptors (Lipinski definition) is 7. The summed E-state index contributed by atoms with van der Waals surface area (Å²) in [6, 6.07) is 7.22. The third-order valence-electron chi connectivity index (χ3n) is 4.36. The van der Waals surface area contributed by atoms with E-state index in [1.807, 2.05) is 12.1 Å². The van der Waals surface area contributed by atoms with Crippen LogP contribution in [0.3, 0.4) is 0 Å². The highest BCUT2D eigenvalue weighted by Crippen LogP contribution is 2.42. The first-order valence-electron chi connectivity index (χ1n) is 8.60. The smallest absolute Gasteiger partial charge is 0.341 e. The number of carbonyl (C=O) groups is 1. The molecule has 0 unspecified atom stereocenters. The fourth-order valence-electron chi connectivity index (χ4n) is 2.93. The summed E-state index contributed by atoms with van der Waals surface area (Å²) in [5, 5.41) is 13.3. The molecule has 0 amide bonds. The molecule has 0 aromatic heterocycles. The first kappa shape index (κ1) is 19.8. The number of carbonyl (C=O) groups excluding carboxylic acids is 1. The lowest BCUT2D eigenvalue weighted by atomic mass is 9.95. The number of ether oxygens (including phenoxy) is 2. The maximum atomic E-state index is 12.5. The summed E-state index contributed by atoms with van der Waals surface area (Å²) in [7, 11) is 0. The fourth-order valence-corrected chi connectivity index (χ4v) is 3.05. The number of halogens is 1. The molecule has 0 saturated heterocycles. The van der Waals surface area contributed by atoms with Crippen LogP contribution in [0.25, 0.3) is 0 Å². The molecule has 2 aliphatic heterocycles. The number of nitrogens with one attached hydrogen (secondary N) is 1. The Morgan fingerprint density at radius 1 is 1.32 bits per heavy atom. The zero-order chi connectivity index (χ0) is 20.4. The zero-order valence-electron chi connectivity index (χ0n) is 15.5. The van der Waals surface area contributed by atoms with Crippen molar-refractivity contribution in [3.63, 3.8) is 0 Å². The number of dihydropyridines is 1. The number of fused-ring (bicyclic) bond motifs is 1. The largest absolute Gasteiger partial charge is 0.488 e. The van der Waals surface area contributed by atoms with Crippen molar-refractivity contribution in [1.82, 2.24) is 5.32 Å². The first-order chi connectivity index (χ1) is 13.3. The maximum absolute atomic E-state index is 12.5. The number of hydrogen-bond donors (Lipinski definition) is 1. The van der Waals surface area contributed by atoms with Gasteiger partial charge in [-0.3, -0.25) is 4.84 Å². The summed E-state index contributed by atoms with van der Waals surface area (Å²) in [5.74, 6) is -1.04. The second-order valence-electron chi connectivity index (χ2n) is 6.71. The minimum Gasteiger partial charge on any atom is -0.488 e. The van der Waals surface area contributed by atoms with Crippen LogP contribution in [0, 0.1) is 16.0 Å². The molecule has 2 atom stereocenters. The second-order valence-corrected chi connectivity index (χ2v) is 7.15. The molecule has 1 aromatic rings. The van der Waals surface area contributed by atoms with Gasteiger partial charge in [0.2, 0.25) is 6.10 Å². The molecule has 0 fully saturated rings. The van der Waals surface area contributed by atoms with Crippen LogP contribution in [0.2, 0.25) is 5.02 Å². The number of nitrogens with zero attached hydrogens (tertiary/aromatic N) is 1. The zero-order valence-corrected chi connectivity index (χ0v) is 16.2. The van der Waals surface area contributed by atoms with Crippen molar-refractivity contribution >= 4 is 17.6 Å². The minimum absolute atomic E-state index is 0.247. The molecule has 28 heavy (non-hydrogen) atoms. The second kappa shape index (κ2) is 7.93. The van der Waals surface area contributed by atoms with Crippen LogP contribution in [-0.2, 0) is 19.1 Å². The molecule has 0 spiro atoms. The Hall–Kier alpha value is -3.00. The van der Waals surface area contributed by atoms with Gasteiger partial charge in [0.25, 0.3) is 5.09 Å². The van der Waals surface area contributed by atoms with Crippen LogP contribution >= 0.6 is 11.6 Å². The van der Waals surface area contributed by atoms with Gasteiger partial charge in [-0.25, -0.2) is 4.79 Å². The van der Waals surface area contributed by atoms with E-state index in [1.165, 1.54) is 6.26 Å². The van der Waals surface area contributed by atoms with Gasteiger partial charge in [-0.15, -0.1) is 10.1 Å². The highest BCUT2D eigenvalue weighted by atomic mass is 35.5. The quantitative estimate of drug-likeness (QED) is 0.435. The summed E-state index contributed by atoms with van der Waals surface area (Å²) < 4.78 is 11.3. The predicted octanol–water partition coefficient (Wildman–Crippen LogP) is 3.79. The van der Waals surface area contributed by atoms with E-state index in [1.54, 1.807) is 39.1 Å². The van der Waals surface area contributed by atoms with E-state index in [9.17, 15) is 14.9 Å². The van der Waals surface area contributed by atoms with Crippen molar-refractivity contribution in [2.45, 2.75) is 33.0 Å². The fraction of sp³-hybridized carbons (Fsp3) is 0.316. The number of allylic oxidation sites excluding steroid dienone is 2. The van der Waals surface area contributed by atoms with E-state index in [0.717, 1.165) is 11.1 Å². The van der Waals surface area contributed by atoms with Gasteiger partial charge in [0.1, 0.15) is 0 Å². The normalized spacial score (nSPS) is 19.1. The van der Waals surface area contributed by atoms with Gasteiger partial charge in [-0.05, 0) is 30.5 Å². The number of benzene rings is 1. The van der Waals surface area contributed by atoms with E-state index in [-0.39, 0.29) is 5.76 Å². The van der Waals surface area contributed by atoms with Crippen LogP contribution in [0.1, 0.15) is 32.4 Å². The monoisotopic (exact) mass is 406 g/mol. The van der Waals surface area contributed by atoms with Gasteiger partial charge in [0, 0.05) is 16.8 Å². The lowest BCUT2D eigenvalue weighted by Crippen LogP contribution is -2.34. The van der Waals surface area contributed by atoms with Gasteiger partial charge < -0.3 is 14.8 Å². The highest BCUT2D eigenvalue weighted by Gasteiger charge is 2.36. The van der Waals surface area contributed by atoms with Gasteiger partial charge >= 0.3 is 5.97 Å². The van der Waals surface area contributed by atoms with Crippen molar-refractivity contribution in [2.75, 3.05) is 0 Å². The molecule has 8 nitrogen and oxygen atoms in total.